The predicted octanol–water partition coefficient (Wildman–Crippen LogP) is 2.02. The number of rotatable bonds is 2. The molecule has 0 aromatic carbocycles. The molecule has 1 fully saturated rings. The highest BCUT2D eigenvalue weighted by Crippen LogP contribution is 2.33. The van der Waals surface area contributed by atoms with Crippen molar-refractivity contribution >= 4 is 0 Å². The summed E-state index contributed by atoms with van der Waals surface area (Å²) in [5.74, 6) is 0. The first-order chi connectivity index (χ1) is 5.63. The lowest BCUT2D eigenvalue weighted by molar-refractivity contribution is 0.247. The van der Waals surface area contributed by atoms with Crippen LogP contribution in [0.25, 0.3) is 0 Å². The molecule has 0 aromatic rings. The summed E-state index contributed by atoms with van der Waals surface area (Å²) in [4.78, 5) is 2.40. The standard InChI is InChI=1S/C10H18N2/c1-4-10(7-11)5-6-12(8-10)9(2)3/h9H,4-6,8H2,1-3H3. The average Bonchev–Trinajstić information content (AvgIpc) is 2.49. The Morgan fingerprint density at radius 1 is 1.58 bits per heavy atom. The number of nitrogens with zero attached hydrogens (tertiary/aromatic N) is 2. The van der Waals surface area contributed by atoms with Crippen molar-refractivity contribution < 1.29 is 0 Å². The van der Waals surface area contributed by atoms with Crippen molar-refractivity contribution in [3.63, 3.8) is 0 Å². The summed E-state index contributed by atoms with van der Waals surface area (Å²) < 4.78 is 0. The van der Waals surface area contributed by atoms with Gasteiger partial charge in [0.15, 0.2) is 0 Å². The SMILES string of the molecule is CCC1(C#N)CCN(C(C)C)C1. The Labute approximate surface area is 75.2 Å². The molecule has 68 valence electrons. The molecule has 0 amide bonds. The van der Waals surface area contributed by atoms with Gasteiger partial charge in [0.25, 0.3) is 0 Å². The van der Waals surface area contributed by atoms with Crippen LogP contribution in [0.4, 0.5) is 0 Å². The van der Waals surface area contributed by atoms with Gasteiger partial charge in [0.2, 0.25) is 0 Å². The van der Waals surface area contributed by atoms with Crippen molar-refractivity contribution in [1.29, 1.82) is 5.26 Å². The van der Waals surface area contributed by atoms with Gasteiger partial charge in [0.1, 0.15) is 0 Å². The van der Waals surface area contributed by atoms with E-state index < -0.39 is 0 Å². The van der Waals surface area contributed by atoms with Gasteiger partial charge in [0, 0.05) is 19.1 Å². The third-order valence-corrected chi connectivity index (χ3v) is 3.03. The first-order valence-corrected chi connectivity index (χ1v) is 4.79. The zero-order valence-electron chi connectivity index (χ0n) is 8.30. The molecular weight excluding hydrogens is 148 g/mol. The van der Waals surface area contributed by atoms with Crippen LogP contribution in [0.1, 0.15) is 33.6 Å². The molecule has 0 bridgehead atoms. The summed E-state index contributed by atoms with van der Waals surface area (Å²) in [6.45, 7) is 8.58. The molecule has 0 spiro atoms. The van der Waals surface area contributed by atoms with E-state index in [-0.39, 0.29) is 5.41 Å². The smallest absolute Gasteiger partial charge is 0.0710 e. The fraction of sp³-hybridized carbons (Fsp3) is 0.900. The molecule has 12 heavy (non-hydrogen) atoms. The van der Waals surface area contributed by atoms with Gasteiger partial charge in [-0.1, -0.05) is 6.92 Å². The van der Waals surface area contributed by atoms with Gasteiger partial charge in [-0.15, -0.1) is 0 Å². The van der Waals surface area contributed by atoms with Crippen molar-refractivity contribution in [2.24, 2.45) is 5.41 Å². The second-order valence-electron chi connectivity index (χ2n) is 4.06. The van der Waals surface area contributed by atoms with Gasteiger partial charge in [-0.3, -0.25) is 4.90 Å². The molecule has 1 aliphatic heterocycles. The number of hydrogen-bond donors (Lipinski definition) is 0. The highest BCUT2D eigenvalue weighted by Gasteiger charge is 2.37. The average molecular weight is 166 g/mol. The monoisotopic (exact) mass is 166 g/mol. The van der Waals surface area contributed by atoms with E-state index in [4.69, 9.17) is 5.26 Å². The third-order valence-electron chi connectivity index (χ3n) is 3.03. The van der Waals surface area contributed by atoms with Crippen LogP contribution in [0.5, 0.6) is 0 Å². The van der Waals surface area contributed by atoms with E-state index in [2.05, 4.69) is 31.7 Å². The molecule has 2 heteroatoms. The van der Waals surface area contributed by atoms with Crippen LogP contribution in [-0.4, -0.2) is 24.0 Å². The Kier molecular flexibility index (Phi) is 2.74. The molecule has 0 aromatic heterocycles. The minimum absolute atomic E-state index is 0.0374. The molecule has 0 saturated carbocycles. The molecule has 1 rings (SSSR count). The minimum atomic E-state index is -0.0374. The van der Waals surface area contributed by atoms with Crippen molar-refractivity contribution in [3.05, 3.63) is 0 Å². The molecule has 0 aliphatic carbocycles. The summed E-state index contributed by atoms with van der Waals surface area (Å²) in [6.07, 6.45) is 2.05. The van der Waals surface area contributed by atoms with Crippen molar-refractivity contribution in [2.45, 2.75) is 39.7 Å². The van der Waals surface area contributed by atoms with E-state index in [1.807, 2.05) is 0 Å². The number of likely N-dealkylation sites (tertiary alicyclic amines) is 1. The molecule has 1 heterocycles. The Hall–Kier alpha value is -0.550. The second kappa shape index (κ2) is 3.45. The summed E-state index contributed by atoms with van der Waals surface area (Å²) in [5.41, 5.74) is -0.0374. The lowest BCUT2D eigenvalue weighted by atomic mass is 9.86. The second-order valence-corrected chi connectivity index (χ2v) is 4.06. The van der Waals surface area contributed by atoms with Gasteiger partial charge in [-0.25, -0.2) is 0 Å². The first kappa shape index (κ1) is 9.54. The summed E-state index contributed by atoms with van der Waals surface area (Å²) in [7, 11) is 0. The lowest BCUT2D eigenvalue weighted by Gasteiger charge is -2.22. The Morgan fingerprint density at radius 2 is 2.25 bits per heavy atom. The van der Waals surface area contributed by atoms with Gasteiger partial charge < -0.3 is 0 Å². The fourth-order valence-corrected chi connectivity index (χ4v) is 1.80. The highest BCUT2D eigenvalue weighted by molar-refractivity contribution is 5.04. The van der Waals surface area contributed by atoms with Crippen LogP contribution in [0.3, 0.4) is 0 Å². The van der Waals surface area contributed by atoms with Crippen LogP contribution < -0.4 is 0 Å². The van der Waals surface area contributed by atoms with Gasteiger partial charge in [0.05, 0.1) is 11.5 Å². The Morgan fingerprint density at radius 3 is 2.50 bits per heavy atom. The fourth-order valence-electron chi connectivity index (χ4n) is 1.80. The summed E-state index contributed by atoms with van der Waals surface area (Å²) in [5, 5.41) is 9.04. The topological polar surface area (TPSA) is 27.0 Å². The predicted molar refractivity (Wildman–Crippen MR) is 49.7 cm³/mol. The van der Waals surface area contributed by atoms with Crippen molar-refractivity contribution in [1.82, 2.24) is 4.90 Å². The van der Waals surface area contributed by atoms with Crippen LogP contribution in [0.15, 0.2) is 0 Å². The molecule has 0 radical (unpaired) electrons. The van der Waals surface area contributed by atoms with Crippen LogP contribution in [-0.2, 0) is 0 Å². The summed E-state index contributed by atoms with van der Waals surface area (Å²) >= 11 is 0. The number of nitriles is 1. The van der Waals surface area contributed by atoms with Crippen LogP contribution in [0.2, 0.25) is 0 Å². The molecule has 1 unspecified atom stereocenters. The summed E-state index contributed by atoms with van der Waals surface area (Å²) in [6, 6.07) is 3.06. The maximum absolute atomic E-state index is 9.04. The maximum Gasteiger partial charge on any atom is 0.0710 e. The first-order valence-electron chi connectivity index (χ1n) is 4.79. The molecule has 0 N–H and O–H groups in total. The van der Waals surface area contributed by atoms with Gasteiger partial charge in [-0.2, -0.15) is 5.26 Å². The maximum atomic E-state index is 9.04. The van der Waals surface area contributed by atoms with E-state index in [1.54, 1.807) is 0 Å². The third kappa shape index (κ3) is 1.61. The van der Waals surface area contributed by atoms with Crippen LogP contribution >= 0.6 is 0 Å². The Balaban J connectivity index is 2.60. The van der Waals surface area contributed by atoms with Crippen molar-refractivity contribution in [3.8, 4) is 6.07 Å². The van der Waals surface area contributed by atoms with E-state index >= 15 is 0 Å². The zero-order chi connectivity index (χ0) is 9.19. The molecule has 2 nitrogen and oxygen atoms in total. The quantitative estimate of drug-likeness (QED) is 0.627. The van der Waals surface area contributed by atoms with E-state index in [0.29, 0.717) is 6.04 Å². The van der Waals surface area contributed by atoms with Crippen LogP contribution in [0, 0.1) is 16.7 Å². The van der Waals surface area contributed by atoms with E-state index in [0.717, 1.165) is 25.9 Å². The molecular formula is C10H18N2. The minimum Gasteiger partial charge on any atom is -0.299 e. The highest BCUT2D eigenvalue weighted by atomic mass is 15.2. The van der Waals surface area contributed by atoms with E-state index in [1.165, 1.54) is 0 Å². The van der Waals surface area contributed by atoms with Gasteiger partial charge >= 0.3 is 0 Å². The zero-order valence-corrected chi connectivity index (χ0v) is 8.30. The molecule has 1 saturated heterocycles. The van der Waals surface area contributed by atoms with E-state index in [9.17, 15) is 0 Å². The lowest BCUT2D eigenvalue weighted by Crippen LogP contribution is -2.31. The normalized spacial score (nSPS) is 30.9. The number of hydrogen-bond acceptors (Lipinski definition) is 2. The van der Waals surface area contributed by atoms with Crippen molar-refractivity contribution in [2.75, 3.05) is 13.1 Å². The van der Waals surface area contributed by atoms with Gasteiger partial charge in [-0.05, 0) is 26.7 Å². The Bertz CT molecular complexity index is 193. The largest absolute Gasteiger partial charge is 0.299 e. The molecule has 1 atom stereocenters. The molecule has 1 aliphatic rings.